The predicted octanol–water partition coefficient (Wildman–Crippen LogP) is 3.31. The molecule has 0 fully saturated rings. The van der Waals surface area contributed by atoms with Gasteiger partial charge in [0.05, 0.1) is 5.69 Å². The average Bonchev–Trinajstić information content (AvgIpc) is 2.40. The summed E-state index contributed by atoms with van der Waals surface area (Å²) in [7, 11) is 0. The number of halogens is 2. The average molecular weight is 266 g/mol. The quantitative estimate of drug-likeness (QED) is 0.921. The van der Waals surface area contributed by atoms with Crippen LogP contribution in [0.3, 0.4) is 0 Å². The molecule has 0 bridgehead atoms. The van der Waals surface area contributed by atoms with E-state index in [0.717, 1.165) is 24.8 Å². The summed E-state index contributed by atoms with van der Waals surface area (Å²) in [5.74, 6) is 0. The second-order valence-electron chi connectivity index (χ2n) is 4.29. The van der Waals surface area contributed by atoms with Crippen molar-refractivity contribution >= 4 is 16.6 Å². The summed E-state index contributed by atoms with van der Waals surface area (Å²) >= 11 is 0. The lowest BCUT2D eigenvalue weighted by Gasteiger charge is -2.21. The molecule has 1 aromatic carbocycles. The molecule has 19 heavy (non-hydrogen) atoms. The highest BCUT2D eigenvalue weighted by Gasteiger charge is 2.11. The van der Waals surface area contributed by atoms with Crippen molar-refractivity contribution < 1.29 is 8.78 Å². The van der Waals surface area contributed by atoms with Crippen LogP contribution in [-0.4, -0.2) is 18.1 Å². The number of benzene rings is 1. The zero-order chi connectivity index (χ0) is 14.0. The highest BCUT2D eigenvalue weighted by molar-refractivity contribution is 5.82. The molecule has 1 N–H and O–H groups in total. The van der Waals surface area contributed by atoms with Crippen molar-refractivity contribution in [3.05, 3.63) is 40.2 Å². The Balaban J connectivity index is 2.58. The van der Waals surface area contributed by atoms with E-state index in [-0.39, 0.29) is 11.1 Å². The van der Waals surface area contributed by atoms with Gasteiger partial charge in [0.15, 0.2) is 5.43 Å². The number of nitrogens with zero attached hydrogens (tertiary/aromatic N) is 1. The third-order valence-corrected chi connectivity index (χ3v) is 3.20. The van der Waals surface area contributed by atoms with Crippen LogP contribution in [0.15, 0.2) is 29.1 Å². The van der Waals surface area contributed by atoms with Crippen molar-refractivity contribution in [1.29, 1.82) is 0 Å². The molecule has 2 rings (SSSR count). The van der Waals surface area contributed by atoms with Gasteiger partial charge in [-0.15, -0.1) is 0 Å². The molecule has 0 saturated heterocycles. The number of aromatic amines is 1. The van der Waals surface area contributed by atoms with E-state index in [0.29, 0.717) is 10.9 Å². The molecule has 0 radical (unpaired) electrons. The summed E-state index contributed by atoms with van der Waals surface area (Å²) < 4.78 is 25.2. The lowest BCUT2D eigenvalue weighted by atomic mass is 10.1. The molecule has 0 atom stereocenters. The Morgan fingerprint density at radius 3 is 2.47 bits per heavy atom. The maximum Gasteiger partial charge on any atom is 0.278 e. The molecule has 0 aliphatic heterocycles. The fourth-order valence-electron chi connectivity index (χ4n) is 2.16. The Morgan fingerprint density at radius 1 is 1.21 bits per heavy atom. The van der Waals surface area contributed by atoms with Crippen molar-refractivity contribution in [2.45, 2.75) is 20.3 Å². The number of fused-ring (bicyclic) bond motifs is 1. The first-order valence-corrected chi connectivity index (χ1v) is 6.26. The molecule has 0 aliphatic rings. The van der Waals surface area contributed by atoms with Gasteiger partial charge in [0.2, 0.25) is 0 Å². The van der Waals surface area contributed by atoms with Gasteiger partial charge in [-0.05, 0) is 32.0 Å². The summed E-state index contributed by atoms with van der Waals surface area (Å²) in [5.41, 5.74) is 0.651. The van der Waals surface area contributed by atoms with E-state index < -0.39 is 6.43 Å². The Bertz CT molecular complexity index is 633. The summed E-state index contributed by atoms with van der Waals surface area (Å²) in [6.45, 7) is 5.71. The van der Waals surface area contributed by atoms with Crippen molar-refractivity contribution in [3.8, 4) is 0 Å². The van der Waals surface area contributed by atoms with Gasteiger partial charge in [-0.2, -0.15) is 0 Å². The fourth-order valence-corrected chi connectivity index (χ4v) is 2.16. The Kier molecular flexibility index (Phi) is 3.83. The number of hydrogen-bond acceptors (Lipinski definition) is 2. The minimum Gasteiger partial charge on any atom is -0.372 e. The minimum atomic E-state index is -2.67. The molecule has 1 heterocycles. The zero-order valence-electron chi connectivity index (χ0n) is 10.9. The van der Waals surface area contributed by atoms with E-state index >= 15 is 0 Å². The number of pyridine rings is 1. The van der Waals surface area contributed by atoms with Gasteiger partial charge in [0.1, 0.15) is 0 Å². The Morgan fingerprint density at radius 2 is 1.89 bits per heavy atom. The number of anilines is 1. The second-order valence-corrected chi connectivity index (χ2v) is 4.29. The van der Waals surface area contributed by atoms with E-state index in [9.17, 15) is 13.6 Å². The lowest BCUT2D eigenvalue weighted by Crippen LogP contribution is -2.22. The molecule has 0 saturated carbocycles. The number of nitrogens with one attached hydrogen (secondary N) is 1. The van der Waals surface area contributed by atoms with Crippen LogP contribution in [0.4, 0.5) is 14.5 Å². The highest BCUT2D eigenvalue weighted by atomic mass is 19.3. The minimum absolute atomic E-state index is 0.340. The second kappa shape index (κ2) is 5.38. The van der Waals surface area contributed by atoms with Crippen molar-refractivity contribution in [1.82, 2.24) is 4.98 Å². The number of H-pyrrole nitrogens is 1. The SMILES string of the molecule is CCN(CC)c1ccc2[nH]c(C(F)F)cc(=O)c2c1. The number of aromatic nitrogens is 1. The molecule has 2 aromatic rings. The van der Waals surface area contributed by atoms with Crippen LogP contribution >= 0.6 is 0 Å². The first kappa shape index (κ1) is 13.5. The zero-order valence-corrected chi connectivity index (χ0v) is 10.9. The monoisotopic (exact) mass is 266 g/mol. The smallest absolute Gasteiger partial charge is 0.278 e. The van der Waals surface area contributed by atoms with Gasteiger partial charge in [-0.25, -0.2) is 8.78 Å². The Hall–Kier alpha value is -1.91. The maximum atomic E-state index is 12.6. The largest absolute Gasteiger partial charge is 0.372 e. The first-order chi connectivity index (χ1) is 9.06. The highest BCUT2D eigenvalue weighted by Crippen LogP contribution is 2.21. The van der Waals surface area contributed by atoms with Crippen molar-refractivity contribution in [3.63, 3.8) is 0 Å². The van der Waals surface area contributed by atoms with E-state index in [1.165, 1.54) is 0 Å². The standard InChI is InChI=1S/C14H16F2N2O/c1-3-18(4-2)9-5-6-11-10(7-9)13(19)8-12(17-11)14(15)16/h5-8,14H,3-4H2,1-2H3,(H,17,19). The summed E-state index contributed by atoms with van der Waals surface area (Å²) in [4.78, 5) is 16.6. The molecular weight excluding hydrogens is 250 g/mol. The first-order valence-electron chi connectivity index (χ1n) is 6.26. The fraction of sp³-hybridized carbons (Fsp3) is 0.357. The van der Waals surface area contributed by atoms with Gasteiger partial charge < -0.3 is 9.88 Å². The van der Waals surface area contributed by atoms with Crippen LogP contribution in [0, 0.1) is 0 Å². The van der Waals surface area contributed by atoms with Gasteiger partial charge >= 0.3 is 0 Å². The van der Waals surface area contributed by atoms with Crippen LogP contribution in [0.25, 0.3) is 10.9 Å². The summed E-state index contributed by atoms with van der Waals surface area (Å²) in [5, 5.41) is 0.439. The van der Waals surface area contributed by atoms with Crippen LogP contribution in [0.2, 0.25) is 0 Å². The topological polar surface area (TPSA) is 36.1 Å². The predicted molar refractivity (Wildman–Crippen MR) is 73.1 cm³/mol. The van der Waals surface area contributed by atoms with Gasteiger partial charge in [0.25, 0.3) is 6.43 Å². The third kappa shape index (κ3) is 2.59. The van der Waals surface area contributed by atoms with Gasteiger partial charge in [0, 0.05) is 35.7 Å². The van der Waals surface area contributed by atoms with E-state index in [2.05, 4.69) is 9.88 Å². The molecular formula is C14H16F2N2O. The molecule has 3 nitrogen and oxygen atoms in total. The van der Waals surface area contributed by atoms with Crippen molar-refractivity contribution in [2.24, 2.45) is 0 Å². The summed E-state index contributed by atoms with van der Waals surface area (Å²) in [6, 6.07) is 6.23. The van der Waals surface area contributed by atoms with Crippen molar-refractivity contribution in [2.75, 3.05) is 18.0 Å². The molecule has 102 valence electrons. The molecule has 5 heteroatoms. The van der Waals surface area contributed by atoms with Gasteiger partial charge in [-0.1, -0.05) is 0 Å². The molecule has 0 spiro atoms. The lowest BCUT2D eigenvalue weighted by molar-refractivity contribution is 0.146. The normalized spacial score (nSPS) is 11.2. The van der Waals surface area contributed by atoms with E-state index in [1.807, 2.05) is 19.9 Å². The molecule has 0 aliphatic carbocycles. The number of rotatable bonds is 4. The number of hydrogen-bond donors (Lipinski definition) is 1. The van der Waals surface area contributed by atoms with Crippen LogP contribution < -0.4 is 10.3 Å². The Labute approximate surface area is 109 Å². The maximum absolute atomic E-state index is 12.6. The van der Waals surface area contributed by atoms with Crippen LogP contribution in [-0.2, 0) is 0 Å². The van der Waals surface area contributed by atoms with E-state index in [4.69, 9.17) is 0 Å². The summed E-state index contributed by atoms with van der Waals surface area (Å²) in [6.07, 6.45) is -2.67. The molecule has 0 amide bonds. The third-order valence-electron chi connectivity index (χ3n) is 3.20. The van der Waals surface area contributed by atoms with Crippen LogP contribution in [0.5, 0.6) is 0 Å². The van der Waals surface area contributed by atoms with Gasteiger partial charge in [-0.3, -0.25) is 4.79 Å². The number of alkyl halides is 2. The molecule has 0 unspecified atom stereocenters. The molecule has 1 aromatic heterocycles. The van der Waals surface area contributed by atoms with Crippen LogP contribution in [0.1, 0.15) is 26.0 Å². The van der Waals surface area contributed by atoms with E-state index in [1.54, 1.807) is 12.1 Å².